The maximum absolute atomic E-state index is 12.9. The lowest BCUT2D eigenvalue weighted by atomic mass is 9.53. The number of ether oxygens (including phenoxy) is 1. The first kappa shape index (κ1) is 17.0. The largest absolute Gasteiger partial charge is 0.466 e. The molecule has 3 saturated heterocycles. The van der Waals surface area contributed by atoms with Gasteiger partial charge in [-0.15, -0.1) is 0 Å². The van der Waals surface area contributed by atoms with Crippen LogP contribution in [0, 0.1) is 23.7 Å². The number of aliphatic hydroxyl groups excluding tert-OH is 1. The zero-order valence-electron chi connectivity index (χ0n) is 16.4. The molecule has 2 saturated carbocycles. The summed E-state index contributed by atoms with van der Waals surface area (Å²) in [6, 6.07) is 0.920. The van der Waals surface area contributed by atoms with Gasteiger partial charge in [0, 0.05) is 18.0 Å². The van der Waals surface area contributed by atoms with Crippen molar-refractivity contribution in [3.63, 3.8) is 0 Å². The van der Waals surface area contributed by atoms with Crippen molar-refractivity contribution in [3.8, 4) is 0 Å². The topological polar surface area (TPSA) is 70.0 Å². The average molecular weight is 373 g/mol. The van der Waals surface area contributed by atoms with Crippen LogP contribution >= 0.6 is 0 Å². The van der Waals surface area contributed by atoms with Gasteiger partial charge in [0.1, 0.15) is 0 Å². The van der Waals surface area contributed by atoms with Gasteiger partial charge >= 0.3 is 5.97 Å². The summed E-state index contributed by atoms with van der Waals surface area (Å²) < 4.78 is 5.17. The van der Waals surface area contributed by atoms with Gasteiger partial charge in [-0.05, 0) is 68.8 Å². The molecule has 0 radical (unpaired) electrons. The number of esters is 1. The van der Waals surface area contributed by atoms with Gasteiger partial charge < -0.3 is 14.9 Å². The fraction of sp³-hybridized carbons (Fsp3) is 0.864. The van der Waals surface area contributed by atoms with E-state index in [1.54, 1.807) is 0 Å². The number of carbonyl (C=O) groups is 1. The number of methoxy groups -OCH3 is 1. The van der Waals surface area contributed by atoms with Gasteiger partial charge in [-0.2, -0.15) is 0 Å². The van der Waals surface area contributed by atoms with Crippen LogP contribution in [0.2, 0.25) is 0 Å². The van der Waals surface area contributed by atoms with Gasteiger partial charge in [0.15, 0.2) is 0 Å². The van der Waals surface area contributed by atoms with Crippen LogP contribution in [-0.4, -0.2) is 57.5 Å². The van der Waals surface area contributed by atoms with Gasteiger partial charge in [0.25, 0.3) is 0 Å². The van der Waals surface area contributed by atoms with Crippen molar-refractivity contribution in [1.82, 2.24) is 4.90 Å². The maximum atomic E-state index is 12.9. The van der Waals surface area contributed by atoms with Crippen molar-refractivity contribution < 1.29 is 19.7 Å². The van der Waals surface area contributed by atoms with Gasteiger partial charge in [-0.1, -0.05) is 12.8 Å². The van der Waals surface area contributed by atoms with E-state index in [-0.39, 0.29) is 17.4 Å². The first-order chi connectivity index (χ1) is 13.0. The molecule has 3 aliphatic heterocycles. The molecule has 6 rings (SSSR count). The summed E-state index contributed by atoms with van der Waals surface area (Å²) in [5.41, 5.74) is 0.184. The van der Waals surface area contributed by atoms with Crippen molar-refractivity contribution in [2.75, 3.05) is 7.11 Å². The lowest BCUT2D eigenvalue weighted by molar-refractivity contribution is -0.151. The molecule has 1 unspecified atom stereocenters. The quantitative estimate of drug-likeness (QED) is 0.688. The minimum absolute atomic E-state index is 0.117. The second kappa shape index (κ2) is 5.17. The summed E-state index contributed by atoms with van der Waals surface area (Å²) in [6.45, 7) is 2.33. The number of hydrogen-bond donors (Lipinski definition) is 2. The molecule has 148 valence electrons. The second-order valence-corrected chi connectivity index (χ2v) is 10.2. The van der Waals surface area contributed by atoms with E-state index < -0.39 is 17.7 Å². The molecular weight excluding hydrogens is 342 g/mol. The van der Waals surface area contributed by atoms with Crippen molar-refractivity contribution >= 4 is 5.97 Å². The molecule has 3 heterocycles. The fourth-order valence-electron chi connectivity index (χ4n) is 9.07. The zero-order valence-corrected chi connectivity index (χ0v) is 16.4. The van der Waals surface area contributed by atoms with Crippen LogP contribution in [-0.2, 0) is 9.53 Å². The Labute approximate surface area is 160 Å². The molecule has 5 nitrogen and oxygen atoms in total. The Morgan fingerprint density at radius 3 is 2.74 bits per heavy atom. The van der Waals surface area contributed by atoms with E-state index in [0.717, 1.165) is 50.5 Å². The Morgan fingerprint density at radius 2 is 1.96 bits per heavy atom. The molecule has 2 N–H and O–H groups in total. The molecule has 27 heavy (non-hydrogen) atoms. The fourth-order valence-corrected chi connectivity index (χ4v) is 9.07. The average Bonchev–Trinajstić information content (AvgIpc) is 3.06. The Balaban J connectivity index is 1.68. The second-order valence-electron chi connectivity index (χ2n) is 10.2. The normalized spacial score (nSPS) is 57.5. The van der Waals surface area contributed by atoms with Gasteiger partial charge in [0.2, 0.25) is 0 Å². The highest BCUT2D eigenvalue weighted by atomic mass is 16.5. The summed E-state index contributed by atoms with van der Waals surface area (Å²) in [5, 5.41) is 23.3. The van der Waals surface area contributed by atoms with Crippen LogP contribution in [0.15, 0.2) is 11.1 Å². The molecular formula is C22H31NO4. The highest BCUT2D eigenvalue weighted by Gasteiger charge is 2.80. The number of rotatable bonds is 1. The molecule has 6 aliphatic rings. The number of aliphatic hydroxyl groups is 2. The lowest BCUT2D eigenvalue weighted by Gasteiger charge is -2.64. The van der Waals surface area contributed by atoms with Crippen LogP contribution in [0.4, 0.5) is 0 Å². The van der Waals surface area contributed by atoms with Gasteiger partial charge in [0.05, 0.1) is 29.9 Å². The predicted molar refractivity (Wildman–Crippen MR) is 98.7 cm³/mol. The summed E-state index contributed by atoms with van der Waals surface area (Å²) in [5.74, 6) is 0.665. The first-order valence-electron chi connectivity index (χ1n) is 11.0. The number of piperidine rings is 2. The molecule has 5 heteroatoms. The maximum Gasteiger partial charge on any atom is 0.336 e. The molecule has 10 atom stereocenters. The van der Waals surface area contributed by atoms with Crippen molar-refractivity contribution in [2.45, 2.75) is 87.6 Å². The number of nitrogens with zero attached hydrogens (tertiary/aromatic N) is 1. The third-order valence-corrected chi connectivity index (χ3v) is 9.53. The van der Waals surface area contributed by atoms with Crippen LogP contribution in [0.5, 0.6) is 0 Å². The van der Waals surface area contributed by atoms with Gasteiger partial charge in [-0.25, -0.2) is 4.79 Å². The molecule has 0 amide bonds. The molecule has 3 aliphatic carbocycles. The first-order valence-corrected chi connectivity index (χ1v) is 11.0. The minimum Gasteiger partial charge on any atom is -0.466 e. The molecule has 5 fully saturated rings. The Hall–Kier alpha value is -0.910. The smallest absolute Gasteiger partial charge is 0.336 e. The zero-order chi connectivity index (χ0) is 18.7. The number of hydrogen-bond acceptors (Lipinski definition) is 5. The van der Waals surface area contributed by atoms with Crippen molar-refractivity contribution in [2.24, 2.45) is 23.7 Å². The van der Waals surface area contributed by atoms with Crippen LogP contribution in [0.25, 0.3) is 0 Å². The standard InChI is InChI=1S/C22H31NO4/c1-11-7-8-15-16-9-12-10-21(15,26)19-17(20(25)27-2)18(24)13-5-3-4-6-14(13)22(12,19)23(11)16/h11-16,18,24,26H,3-10H2,1-2H3/t11-,12-,13+,14+,15+,16+,18-,21+,22+/m0/s1. The van der Waals surface area contributed by atoms with E-state index in [1.165, 1.54) is 13.5 Å². The van der Waals surface area contributed by atoms with E-state index in [0.29, 0.717) is 29.5 Å². The predicted octanol–water partition coefficient (Wildman–Crippen LogP) is 2.01. The monoisotopic (exact) mass is 373 g/mol. The van der Waals surface area contributed by atoms with Crippen molar-refractivity contribution in [1.29, 1.82) is 0 Å². The molecule has 0 aromatic heterocycles. The van der Waals surface area contributed by atoms with Crippen LogP contribution in [0.3, 0.4) is 0 Å². The third-order valence-electron chi connectivity index (χ3n) is 9.53. The van der Waals surface area contributed by atoms with Gasteiger partial charge in [-0.3, -0.25) is 4.90 Å². The molecule has 0 aromatic carbocycles. The number of fused-ring (bicyclic) bond motifs is 2. The molecule has 5 bridgehead atoms. The van der Waals surface area contributed by atoms with E-state index in [9.17, 15) is 15.0 Å². The Bertz CT molecular complexity index is 749. The minimum atomic E-state index is -0.920. The molecule has 1 spiro atoms. The van der Waals surface area contributed by atoms with E-state index in [2.05, 4.69) is 11.8 Å². The third kappa shape index (κ3) is 1.65. The summed E-state index contributed by atoms with van der Waals surface area (Å²) in [6.07, 6.45) is 7.66. The summed E-state index contributed by atoms with van der Waals surface area (Å²) >= 11 is 0. The van der Waals surface area contributed by atoms with Crippen LogP contribution < -0.4 is 0 Å². The Kier molecular flexibility index (Phi) is 3.25. The number of carbonyl (C=O) groups excluding carboxylic acids is 1. The SMILES string of the molecule is COC(=O)C1=C2[C@@]3([C@H]4C[C@@H]5[C@@H](CC[C@H](C)N53)[C@]2(O)C4)[C@@H]2CCCC[C@H]2[C@@H]1O. The lowest BCUT2D eigenvalue weighted by Crippen LogP contribution is -2.72. The highest BCUT2D eigenvalue weighted by Crippen LogP contribution is 2.74. The summed E-state index contributed by atoms with van der Waals surface area (Å²) in [7, 11) is 1.40. The highest BCUT2D eigenvalue weighted by molar-refractivity contribution is 5.92. The van der Waals surface area contributed by atoms with Crippen molar-refractivity contribution in [3.05, 3.63) is 11.1 Å². The van der Waals surface area contributed by atoms with E-state index >= 15 is 0 Å². The van der Waals surface area contributed by atoms with Crippen LogP contribution in [0.1, 0.15) is 58.3 Å². The van der Waals surface area contributed by atoms with E-state index in [4.69, 9.17) is 4.74 Å². The summed E-state index contributed by atoms with van der Waals surface area (Å²) in [4.78, 5) is 15.7. The van der Waals surface area contributed by atoms with E-state index in [1.807, 2.05) is 0 Å². The molecule has 0 aromatic rings. The Morgan fingerprint density at radius 1 is 1.19 bits per heavy atom.